The molecule has 0 bridgehead atoms. The molecule has 0 saturated heterocycles. The van der Waals surface area contributed by atoms with E-state index in [-0.39, 0.29) is 5.91 Å². The summed E-state index contributed by atoms with van der Waals surface area (Å²) < 4.78 is 0. The van der Waals surface area contributed by atoms with Gasteiger partial charge in [-0.15, -0.1) is 0 Å². The molecule has 18 heavy (non-hydrogen) atoms. The van der Waals surface area contributed by atoms with Crippen molar-refractivity contribution in [3.05, 3.63) is 29.3 Å². The number of carbonyl (C=O) groups is 1. The zero-order chi connectivity index (χ0) is 12.8. The van der Waals surface area contributed by atoms with Gasteiger partial charge in [0.25, 0.3) is 0 Å². The summed E-state index contributed by atoms with van der Waals surface area (Å²) in [7, 11) is 0. The first-order valence-electron chi connectivity index (χ1n) is 6.29. The zero-order valence-corrected chi connectivity index (χ0v) is 10.3. The second kappa shape index (κ2) is 6.18. The van der Waals surface area contributed by atoms with E-state index in [4.69, 9.17) is 5.26 Å². The van der Waals surface area contributed by atoms with E-state index in [1.54, 1.807) is 0 Å². The highest BCUT2D eigenvalue weighted by atomic mass is 16.1. The predicted molar refractivity (Wildman–Crippen MR) is 69.9 cm³/mol. The first kappa shape index (κ1) is 12.6. The maximum atomic E-state index is 11.2. The number of carbonyl (C=O) groups excluding carboxylic acids is 1. The summed E-state index contributed by atoms with van der Waals surface area (Å²) in [5.41, 5.74) is 3.38. The van der Waals surface area contributed by atoms with Crippen LogP contribution in [-0.4, -0.2) is 12.5 Å². The van der Waals surface area contributed by atoms with Gasteiger partial charge in [-0.2, -0.15) is 5.26 Å². The molecule has 0 atom stereocenters. The number of fused-ring (bicyclic) bond motifs is 1. The van der Waals surface area contributed by atoms with Crippen LogP contribution in [0.4, 0.5) is 5.69 Å². The Bertz CT molecular complexity index is 476. The highest BCUT2D eigenvalue weighted by Crippen LogP contribution is 2.23. The summed E-state index contributed by atoms with van der Waals surface area (Å²) in [6, 6.07) is 8.28. The average molecular weight is 243 g/mol. The lowest BCUT2D eigenvalue weighted by atomic mass is 10.0. The van der Waals surface area contributed by atoms with Gasteiger partial charge in [-0.1, -0.05) is 12.1 Å². The number of amides is 1. The Morgan fingerprint density at radius 3 is 3.11 bits per heavy atom. The second-order valence-electron chi connectivity index (χ2n) is 4.48. The van der Waals surface area contributed by atoms with Crippen LogP contribution in [0.5, 0.6) is 0 Å². The van der Waals surface area contributed by atoms with Crippen molar-refractivity contribution in [1.82, 2.24) is 5.32 Å². The summed E-state index contributed by atoms with van der Waals surface area (Å²) in [6.45, 7) is 1.67. The van der Waals surface area contributed by atoms with Gasteiger partial charge in [0.2, 0.25) is 5.91 Å². The van der Waals surface area contributed by atoms with Crippen LogP contribution >= 0.6 is 0 Å². The highest BCUT2D eigenvalue weighted by Gasteiger charge is 2.14. The van der Waals surface area contributed by atoms with Gasteiger partial charge in [0.15, 0.2) is 0 Å². The molecule has 0 saturated carbocycles. The molecule has 1 aromatic rings. The van der Waals surface area contributed by atoms with Gasteiger partial charge in [0, 0.05) is 25.1 Å². The number of rotatable bonds is 5. The number of aryl methyl sites for hydroxylation is 1. The van der Waals surface area contributed by atoms with Gasteiger partial charge >= 0.3 is 0 Å². The SMILES string of the molecule is N#CCCCNCc1ccc2c(c1)CCC(=O)N2. The predicted octanol–water partition coefficient (Wildman–Crippen LogP) is 1.96. The van der Waals surface area contributed by atoms with Crippen molar-refractivity contribution in [3.63, 3.8) is 0 Å². The van der Waals surface area contributed by atoms with Crippen LogP contribution in [0, 0.1) is 11.3 Å². The van der Waals surface area contributed by atoms with E-state index < -0.39 is 0 Å². The summed E-state index contributed by atoms with van der Waals surface area (Å²) in [6.07, 6.45) is 2.89. The maximum absolute atomic E-state index is 11.2. The number of anilines is 1. The smallest absolute Gasteiger partial charge is 0.224 e. The molecular weight excluding hydrogens is 226 g/mol. The third-order valence-corrected chi connectivity index (χ3v) is 3.04. The fourth-order valence-corrected chi connectivity index (χ4v) is 2.07. The Morgan fingerprint density at radius 2 is 2.28 bits per heavy atom. The molecule has 0 unspecified atom stereocenters. The molecule has 0 aromatic heterocycles. The largest absolute Gasteiger partial charge is 0.326 e. The minimum Gasteiger partial charge on any atom is -0.326 e. The van der Waals surface area contributed by atoms with Crippen molar-refractivity contribution in [3.8, 4) is 6.07 Å². The molecule has 4 nitrogen and oxygen atoms in total. The van der Waals surface area contributed by atoms with Crippen LogP contribution in [0.25, 0.3) is 0 Å². The van der Waals surface area contributed by atoms with E-state index >= 15 is 0 Å². The number of unbranched alkanes of at least 4 members (excludes halogenated alkanes) is 1. The minimum atomic E-state index is 0.102. The molecule has 0 fully saturated rings. The first-order valence-corrected chi connectivity index (χ1v) is 6.29. The molecule has 1 aliphatic heterocycles. The quantitative estimate of drug-likeness (QED) is 0.777. The van der Waals surface area contributed by atoms with E-state index in [0.717, 1.165) is 31.6 Å². The second-order valence-corrected chi connectivity index (χ2v) is 4.48. The average Bonchev–Trinajstić information content (AvgIpc) is 2.38. The van der Waals surface area contributed by atoms with Gasteiger partial charge < -0.3 is 10.6 Å². The lowest BCUT2D eigenvalue weighted by Gasteiger charge is -2.17. The molecule has 4 heteroatoms. The minimum absolute atomic E-state index is 0.102. The van der Waals surface area contributed by atoms with Crippen LogP contribution in [0.2, 0.25) is 0 Å². The van der Waals surface area contributed by atoms with Crippen molar-refractivity contribution in [2.45, 2.75) is 32.2 Å². The fraction of sp³-hybridized carbons (Fsp3) is 0.429. The van der Waals surface area contributed by atoms with Gasteiger partial charge in [-0.3, -0.25) is 4.79 Å². The van der Waals surface area contributed by atoms with Crippen molar-refractivity contribution < 1.29 is 4.79 Å². The van der Waals surface area contributed by atoms with Gasteiger partial charge in [-0.05, 0) is 36.6 Å². The molecule has 94 valence electrons. The van der Waals surface area contributed by atoms with Crippen molar-refractivity contribution >= 4 is 11.6 Å². The molecule has 0 radical (unpaired) electrons. The van der Waals surface area contributed by atoms with Crippen molar-refractivity contribution in [1.29, 1.82) is 5.26 Å². The van der Waals surface area contributed by atoms with Crippen LogP contribution in [0.3, 0.4) is 0 Å². The Morgan fingerprint density at radius 1 is 1.39 bits per heavy atom. The summed E-state index contributed by atoms with van der Waals surface area (Å²) in [4.78, 5) is 11.2. The van der Waals surface area contributed by atoms with E-state index in [0.29, 0.717) is 12.8 Å². The zero-order valence-electron chi connectivity index (χ0n) is 10.3. The van der Waals surface area contributed by atoms with Crippen LogP contribution in [-0.2, 0) is 17.8 Å². The van der Waals surface area contributed by atoms with Gasteiger partial charge in [0.1, 0.15) is 0 Å². The topological polar surface area (TPSA) is 64.9 Å². The molecular formula is C14H17N3O. The number of nitrogens with zero attached hydrogens (tertiary/aromatic N) is 1. The van der Waals surface area contributed by atoms with Crippen LogP contribution in [0.1, 0.15) is 30.4 Å². The van der Waals surface area contributed by atoms with Crippen molar-refractivity contribution in [2.75, 3.05) is 11.9 Å². The van der Waals surface area contributed by atoms with Gasteiger partial charge in [-0.25, -0.2) is 0 Å². The normalized spacial score (nSPS) is 13.6. The van der Waals surface area contributed by atoms with Crippen LogP contribution in [0.15, 0.2) is 18.2 Å². The van der Waals surface area contributed by atoms with Gasteiger partial charge in [0.05, 0.1) is 6.07 Å². The number of hydrogen-bond donors (Lipinski definition) is 2. The lowest BCUT2D eigenvalue weighted by Crippen LogP contribution is -2.20. The Labute approximate surface area is 107 Å². The van der Waals surface area contributed by atoms with E-state index in [1.165, 1.54) is 11.1 Å². The molecule has 1 heterocycles. The van der Waals surface area contributed by atoms with E-state index in [1.807, 2.05) is 12.1 Å². The molecule has 1 aliphatic rings. The fourth-order valence-electron chi connectivity index (χ4n) is 2.07. The van der Waals surface area contributed by atoms with E-state index in [9.17, 15) is 4.79 Å². The molecule has 2 N–H and O–H groups in total. The maximum Gasteiger partial charge on any atom is 0.224 e. The molecule has 0 aliphatic carbocycles. The number of nitrogens with one attached hydrogen (secondary N) is 2. The Balaban J connectivity index is 1.87. The van der Waals surface area contributed by atoms with E-state index in [2.05, 4.69) is 22.8 Å². The number of hydrogen-bond acceptors (Lipinski definition) is 3. The summed E-state index contributed by atoms with van der Waals surface area (Å²) >= 11 is 0. The Hall–Kier alpha value is -1.86. The molecule has 1 aromatic carbocycles. The third-order valence-electron chi connectivity index (χ3n) is 3.04. The Kier molecular flexibility index (Phi) is 4.32. The van der Waals surface area contributed by atoms with Crippen LogP contribution < -0.4 is 10.6 Å². The van der Waals surface area contributed by atoms with Crippen molar-refractivity contribution in [2.24, 2.45) is 0 Å². The monoisotopic (exact) mass is 243 g/mol. The standard InChI is InChI=1S/C14H17N3O/c15-7-1-2-8-16-10-11-3-5-13-12(9-11)4-6-14(18)17-13/h3,5,9,16H,1-2,4,6,8,10H2,(H,17,18). The first-order chi connectivity index (χ1) is 8.79. The summed E-state index contributed by atoms with van der Waals surface area (Å²) in [5.74, 6) is 0.102. The number of benzene rings is 1. The highest BCUT2D eigenvalue weighted by molar-refractivity contribution is 5.93. The lowest BCUT2D eigenvalue weighted by molar-refractivity contribution is -0.116. The molecule has 0 spiro atoms. The molecule has 1 amide bonds. The summed E-state index contributed by atoms with van der Waals surface area (Å²) in [5, 5.41) is 14.6. The number of nitriles is 1. The molecule has 2 rings (SSSR count). The third kappa shape index (κ3) is 3.31.